The number of nitrogens with zero attached hydrogens (tertiary/aromatic N) is 4. The smallest absolute Gasteiger partial charge is 0.227 e. The summed E-state index contributed by atoms with van der Waals surface area (Å²) in [4.78, 5) is 29.1. The average molecular weight is 409 g/mol. The highest BCUT2D eigenvalue weighted by molar-refractivity contribution is 5.95. The lowest BCUT2D eigenvalue weighted by molar-refractivity contribution is -0.122. The van der Waals surface area contributed by atoms with Crippen molar-refractivity contribution in [2.75, 3.05) is 5.32 Å². The number of fused-ring (bicyclic) bond motifs is 2. The summed E-state index contributed by atoms with van der Waals surface area (Å²) in [7, 11) is 0. The fraction of sp³-hybridized carbons (Fsp3) is 0.174. The highest BCUT2D eigenvalue weighted by Gasteiger charge is 2.25. The van der Waals surface area contributed by atoms with Crippen LogP contribution in [0.3, 0.4) is 0 Å². The Bertz CT molecular complexity index is 1400. The number of carbonyl (C=O) groups excluding carboxylic acids is 1. The summed E-state index contributed by atoms with van der Waals surface area (Å²) >= 11 is 0. The van der Waals surface area contributed by atoms with Crippen LogP contribution in [0.2, 0.25) is 0 Å². The molecule has 0 radical (unpaired) electrons. The predicted molar refractivity (Wildman–Crippen MR) is 118 cm³/mol. The van der Waals surface area contributed by atoms with E-state index >= 15 is 0 Å². The maximum atomic E-state index is 12.3. The van der Waals surface area contributed by atoms with Crippen molar-refractivity contribution in [1.82, 2.24) is 30.1 Å². The van der Waals surface area contributed by atoms with Gasteiger partial charge in [0.25, 0.3) is 0 Å². The zero-order valence-electron chi connectivity index (χ0n) is 16.6. The minimum atomic E-state index is 0.0677. The van der Waals surface area contributed by atoms with Crippen molar-refractivity contribution in [3.8, 4) is 22.6 Å². The molecule has 0 saturated heterocycles. The first-order chi connectivity index (χ1) is 15.2. The first kappa shape index (κ1) is 17.8. The molecule has 1 fully saturated rings. The number of nitrogens with one attached hydrogen (secondary N) is 3. The summed E-state index contributed by atoms with van der Waals surface area (Å²) in [5.74, 6) is 0.190. The predicted octanol–water partition coefficient (Wildman–Crippen LogP) is 4.30. The number of amides is 1. The number of H-pyrrole nitrogens is 2. The van der Waals surface area contributed by atoms with Gasteiger partial charge in [-0.05, 0) is 49.2 Å². The van der Waals surface area contributed by atoms with Crippen molar-refractivity contribution < 1.29 is 4.79 Å². The van der Waals surface area contributed by atoms with Gasteiger partial charge in [0.05, 0.1) is 28.8 Å². The van der Waals surface area contributed by atoms with Crippen LogP contribution in [0, 0.1) is 5.92 Å². The van der Waals surface area contributed by atoms with Gasteiger partial charge >= 0.3 is 0 Å². The third-order valence-corrected chi connectivity index (χ3v) is 5.83. The van der Waals surface area contributed by atoms with Crippen molar-refractivity contribution in [3.63, 3.8) is 0 Å². The quantitative estimate of drug-likeness (QED) is 0.410. The summed E-state index contributed by atoms with van der Waals surface area (Å²) in [6, 6.07) is 11.7. The van der Waals surface area contributed by atoms with Gasteiger partial charge in [0.15, 0.2) is 0 Å². The van der Waals surface area contributed by atoms with Gasteiger partial charge < -0.3 is 10.3 Å². The third-order valence-electron chi connectivity index (χ3n) is 5.83. The van der Waals surface area contributed by atoms with Gasteiger partial charge in [0, 0.05) is 29.3 Å². The van der Waals surface area contributed by atoms with Crippen LogP contribution in [0.4, 0.5) is 5.69 Å². The zero-order valence-corrected chi connectivity index (χ0v) is 16.6. The average Bonchev–Trinajstić information content (AvgIpc) is 3.36. The van der Waals surface area contributed by atoms with E-state index in [0.29, 0.717) is 5.69 Å². The van der Waals surface area contributed by atoms with Crippen LogP contribution in [0.5, 0.6) is 0 Å². The monoisotopic (exact) mass is 409 g/mol. The summed E-state index contributed by atoms with van der Waals surface area (Å²) in [6.07, 6.45) is 8.22. The molecule has 0 spiro atoms. The molecule has 0 aromatic carbocycles. The zero-order chi connectivity index (χ0) is 20.8. The Balaban J connectivity index is 1.37. The van der Waals surface area contributed by atoms with Gasteiger partial charge in [0.2, 0.25) is 5.91 Å². The molecule has 1 aliphatic rings. The lowest BCUT2D eigenvalue weighted by Gasteiger charge is -2.24. The molecule has 152 valence electrons. The first-order valence-electron chi connectivity index (χ1n) is 10.3. The molecule has 1 aliphatic carbocycles. The molecule has 3 N–H and O–H groups in total. The Kier molecular flexibility index (Phi) is 4.02. The number of aromatic amines is 2. The maximum absolute atomic E-state index is 12.3. The van der Waals surface area contributed by atoms with Crippen molar-refractivity contribution >= 4 is 33.7 Å². The molecule has 5 heterocycles. The number of pyridine rings is 3. The Morgan fingerprint density at radius 3 is 2.90 bits per heavy atom. The van der Waals surface area contributed by atoms with Gasteiger partial charge in [-0.2, -0.15) is 5.10 Å². The van der Waals surface area contributed by atoms with E-state index in [1.165, 1.54) is 0 Å². The van der Waals surface area contributed by atoms with E-state index in [4.69, 9.17) is 4.98 Å². The van der Waals surface area contributed by atoms with Crippen LogP contribution in [-0.2, 0) is 4.79 Å². The molecule has 0 aliphatic heterocycles. The van der Waals surface area contributed by atoms with Crippen LogP contribution in [-0.4, -0.2) is 36.0 Å². The molecule has 1 amide bonds. The van der Waals surface area contributed by atoms with Crippen LogP contribution in [0.15, 0.2) is 55.0 Å². The molecule has 0 unspecified atom stereocenters. The van der Waals surface area contributed by atoms with E-state index in [1.807, 2.05) is 36.4 Å². The Hall–Kier alpha value is -4.07. The second-order valence-electron chi connectivity index (χ2n) is 7.87. The lowest BCUT2D eigenvalue weighted by atomic mass is 9.85. The summed E-state index contributed by atoms with van der Waals surface area (Å²) in [5, 5.41) is 11.5. The normalized spacial score (nSPS) is 14.1. The summed E-state index contributed by atoms with van der Waals surface area (Å²) in [6.45, 7) is 0. The Morgan fingerprint density at radius 1 is 1.13 bits per heavy atom. The van der Waals surface area contributed by atoms with E-state index in [-0.39, 0.29) is 11.8 Å². The molecule has 8 nitrogen and oxygen atoms in total. The fourth-order valence-electron chi connectivity index (χ4n) is 3.90. The van der Waals surface area contributed by atoms with Crippen molar-refractivity contribution in [3.05, 3.63) is 55.0 Å². The van der Waals surface area contributed by atoms with Crippen LogP contribution >= 0.6 is 0 Å². The summed E-state index contributed by atoms with van der Waals surface area (Å²) < 4.78 is 0. The highest BCUT2D eigenvalue weighted by Crippen LogP contribution is 2.30. The number of hydrogen-bond acceptors (Lipinski definition) is 5. The van der Waals surface area contributed by atoms with Crippen molar-refractivity contribution in [1.29, 1.82) is 0 Å². The second kappa shape index (κ2) is 7.02. The summed E-state index contributed by atoms with van der Waals surface area (Å²) in [5.41, 5.74) is 6.27. The van der Waals surface area contributed by atoms with Gasteiger partial charge in [0.1, 0.15) is 16.9 Å². The molecule has 5 aromatic rings. The van der Waals surface area contributed by atoms with E-state index in [2.05, 4.69) is 30.5 Å². The number of rotatable bonds is 4. The number of hydrogen-bond donors (Lipinski definition) is 3. The van der Waals surface area contributed by atoms with Crippen LogP contribution < -0.4 is 5.32 Å². The van der Waals surface area contributed by atoms with E-state index in [1.54, 1.807) is 18.6 Å². The van der Waals surface area contributed by atoms with Crippen molar-refractivity contribution in [2.45, 2.75) is 19.3 Å². The van der Waals surface area contributed by atoms with Gasteiger partial charge in [-0.15, -0.1) is 0 Å². The van der Waals surface area contributed by atoms with Crippen LogP contribution in [0.25, 0.3) is 44.7 Å². The molecule has 0 bridgehead atoms. The topological polar surface area (TPSA) is 112 Å². The van der Waals surface area contributed by atoms with Gasteiger partial charge in [-0.1, -0.05) is 6.42 Å². The number of anilines is 1. The highest BCUT2D eigenvalue weighted by atomic mass is 16.1. The van der Waals surface area contributed by atoms with E-state index in [0.717, 1.165) is 64.0 Å². The third kappa shape index (κ3) is 3.13. The minimum absolute atomic E-state index is 0.0677. The molecular weight excluding hydrogens is 390 g/mol. The molecule has 5 aromatic heterocycles. The minimum Gasteiger partial charge on any atom is -0.338 e. The van der Waals surface area contributed by atoms with Gasteiger partial charge in [-0.3, -0.25) is 14.9 Å². The number of aromatic nitrogens is 6. The maximum Gasteiger partial charge on any atom is 0.227 e. The standard InChI is InChI=1S/C23H19N7O/c31-23(13-3-1-4-13)26-16-9-15(11-24-12-16)17-6-7-18-20(27-17)21(30-29-18)19-10-14-5-2-8-25-22(14)28-19/h2,5-13H,1,3-4H2,(H,25,28)(H,26,31)(H,29,30). The second-order valence-corrected chi connectivity index (χ2v) is 7.87. The molecule has 8 heteroatoms. The Morgan fingerprint density at radius 2 is 2.06 bits per heavy atom. The molecule has 6 rings (SSSR count). The number of carbonyl (C=O) groups is 1. The Labute approximate surface area is 177 Å². The van der Waals surface area contributed by atoms with E-state index < -0.39 is 0 Å². The SMILES string of the molecule is O=C(Nc1cncc(-c2ccc3[nH]nc(-c4cc5cccnc5[nH]4)c3n2)c1)C1CCC1. The molecule has 1 saturated carbocycles. The van der Waals surface area contributed by atoms with E-state index in [9.17, 15) is 4.79 Å². The molecule has 31 heavy (non-hydrogen) atoms. The van der Waals surface area contributed by atoms with Crippen LogP contribution in [0.1, 0.15) is 19.3 Å². The molecular formula is C23H19N7O. The first-order valence-corrected chi connectivity index (χ1v) is 10.3. The van der Waals surface area contributed by atoms with Gasteiger partial charge in [-0.25, -0.2) is 9.97 Å². The largest absolute Gasteiger partial charge is 0.338 e. The fourth-order valence-corrected chi connectivity index (χ4v) is 3.90. The lowest BCUT2D eigenvalue weighted by Crippen LogP contribution is -2.28. The van der Waals surface area contributed by atoms with Crippen molar-refractivity contribution in [2.24, 2.45) is 5.92 Å². The molecule has 0 atom stereocenters.